The molecule has 2 unspecified atom stereocenters. The van der Waals surface area contributed by atoms with E-state index in [4.69, 9.17) is 5.26 Å². The first-order chi connectivity index (χ1) is 5.61. The average Bonchev–Trinajstić information content (AvgIpc) is 2.01. The van der Waals surface area contributed by atoms with Crippen LogP contribution in [0.2, 0.25) is 0 Å². The summed E-state index contributed by atoms with van der Waals surface area (Å²) in [5, 5.41) is 18.6. The monoisotopic (exact) mass is 170 g/mol. The van der Waals surface area contributed by atoms with Gasteiger partial charge in [-0.25, -0.2) is 0 Å². The molecule has 0 fully saturated rings. The van der Waals surface area contributed by atoms with E-state index in [2.05, 4.69) is 0 Å². The quantitative estimate of drug-likeness (QED) is 0.467. The second-order valence-corrected chi connectivity index (χ2v) is 3.02. The maximum atomic E-state index is 10.2. The Bertz CT molecular complexity index is 186. The molecule has 0 aromatic rings. The molecular formula is C8H14N2O2. The lowest BCUT2D eigenvalue weighted by molar-refractivity contribution is -0.489. The third-order valence-corrected chi connectivity index (χ3v) is 2.19. The normalized spacial score (nSPS) is 14.8. The summed E-state index contributed by atoms with van der Waals surface area (Å²) in [6.07, 6.45) is 1.18. The molecule has 0 saturated heterocycles. The molecule has 0 heterocycles. The molecule has 0 aliphatic heterocycles. The highest BCUT2D eigenvalue weighted by Gasteiger charge is 2.20. The predicted octanol–water partition coefficient (Wildman–Crippen LogP) is 1.84. The number of nitro groups is 1. The molecule has 0 bridgehead atoms. The second-order valence-electron chi connectivity index (χ2n) is 3.02. The maximum Gasteiger partial charge on any atom is 0.207 e. The van der Waals surface area contributed by atoms with Gasteiger partial charge in [0.2, 0.25) is 6.54 Å². The Kier molecular flexibility index (Phi) is 5.02. The molecule has 0 N–H and O–H groups in total. The first-order valence-corrected chi connectivity index (χ1v) is 4.10. The number of nitriles is 1. The van der Waals surface area contributed by atoms with Gasteiger partial charge in [0, 0.05) is 17.3 Å². The van der Waals surface area contributed by atoms with Crippen LogP contribution in [0, 0.1) is 33.3 Å². The smallest absolute Gasteiger partial charge is 0.207 e. The van der Waals surface area contributed by atoms with Gasteiger partial charge in [0.15, 0.2) is 0 Å². The van der Waals surface area contributed by atoms with E-state index in [9.17, 15) is 10.1 Å². The zero-order valence-electron chi connectivity index (χ0n) is 7.49. The van der Waals surface area contributed by atoms with E-state index in [1.807, 2.05) is 19.9 Å². The van der Waals surface area contributed by atoms with Gasteiger partial charge in [-0.05, 0) is 5.92 Å². The molecule has 0 rings (SSSR count). The SMILES string of the molecule is CCC(C)C(CC#N)C[N+](=O)[O-]. The fraction of sp³-hybridized carbons (Fsp3) is 0.875. The molecule has 0 spiro atoms. The van der Waals surface area contributed by atoms with Gasteiger partial charge in [-0.1, -0.05) is 20.3 Å². The minimum absolute atomic E-state index is 0.0808. The van der Waals surface area contributed by atoms with Gasteiger partial charge in [0.25, 0.3) is 0 Å². The fourth-order valence-corrected chi connectivity index (χ4v) is 1.09. The first kappa shape index (κ1) is 10.9. The van der Waals surface area contributed by atoms with Crippen LogP contribution < -0.4 is 0 Å². The van der Waals surface area contributed by atoms with E-state index in [1.54, 1.807) is 0 Å². The molecule has 0 aliphatic carbocycles. The summed E-state index contributed by atoms with van der Waals surface area (Å²) in [6, 6.07) is 1.98. The van der Waals surface area contributed by atoms with Crippen LogP contribution in [-0.2, 0) is 0 Å². The van der Waals surface area contributed by atoms with Gasteiger partial charge in [-0.15, -0.1) is 0 Å². The van der Waals surface area contributed by atoms with Gasteiger partial charge in [-0.2, -0.15) is 5.26 Å². The third kappa shape index (κ3) is 3.91. The van der Waals surface area contributed by atoms with Crippen LogP contribution in [0.15, 0.2) is 0 Å². The third-order valence-electron chi connectivity index (χ3n) is 2.19. The summed E-state index contributed by atoms with van der Waals surface area (Å²) < 4.78 is 0. The van der Waals surface area contributed by atoms with E-state index in [-0.39, 0.29) is 29.7 Å². The van der Waals surface area contributed by atoms with E-state index in [1.165, 1.54) is 0 Å². The Hall–Kier alpha value is -1.11. The van der Waals surface area contributed by atoms with Crippen LogP contribution in [0.4, 0.5) is 0 Å². The van der Waals surface area contributed by atoms with Crippen molar-refractivity contribution in [1.82, 2.24) is 0 Å². The summed E-state index contributed by atoms with van der Waals surface area (Å²) in [7, 11) is 0. The standard InChI is InChI=1S/C8H14N2O2/c1-3-7(2)8(4-5-9)6-10(11)12/h7-8H,3-4,6H2,1-2H3. The molecule has 0 saturated carbocycles. The molecule has 12 heavy (non-hydrogen) atoms. The first-order valence-electron chi connectivity index (χ1n) is 4.10. The molecule has 0 aromatic heterocycles. The van der Waals surface area contributed by atoms with Crippen LogP contribution in [0.5, 0.6) is 0 Å². The molecular weight excluding hydrogens is 156 g/mol. The molecule has 0 aliphatic rings. The lowest BCUT2D eigenvalue weighted by Crippen LogP contribution is -2.20. The number of hydrogen-bond acceptors (Lipinski definition) is 3. The van der Waals surface area contributed by atoms with Crippen molar-refractivity contribution < 1.29 is 4.92 Å². The van der Waals surface area contributed by atoms with E-state index >= 15 is 0 Å². The average molecular weight is 170 g/mol. The summed E-state index contributed by atoms with van der Waals surface area (Å²) in [5.74, 6) is 0.171. The number of nitrogens with zero attached hydrogens (tertiary/aromatic N) is 2. The molecule has 0 radical (unpaired) electrons. The molecule has 68 valence electrons. The van der Waals surface area contributed by atoms with Crippen LogP contribution in [0.1, 0.15) is 26.7 Å². The zero-order chi connectivity index (χ0) is 9.56. The van der Waals surface area contributed by atoms with Crippen molar-refractivity contribution >= 4 is 0 Å². The molecule has 4 heteroatoms. The number of rotatable bonds is 5. The van der Waals surface area contributed by atoms with Crippen LogP contribution in [0.3, 0.4) is 0 Å². The Balaban J connectivity index is 4.04. The van der Waals surface area contributed by atoms with Gasteiger partial charge >= 0.3 is 0 Å². The van der Waals surface area contributed by atoms with Gasteiger partial charge in [0.1, 0.15) is 0 Å². The summed E-state index contributed by atoms with van der Waals surface area (Å²) >= 11 is 0. The Morgan fingerprint density at radius 2 is 2.25 bits per heavy atom. The van der Waals surface area contributed by atoms with E-state index < -0.39 is 0 Å². The molecule has 2 atom stereocenters. The summed E-state index contributed by atoms with van der Waals surface area (Å²) in [6.45, 7) is 3.85. The summed E-state index contributed by atoms with van der Waals surface area (Å²) in [4.78, 5) is 9.86. The highest BCUT2D eigenvalue weighted by Crippen LogP contribution is 2.18. The molecule has 0 amide bonds. The minimum Gasteiger partial charge on any atom is -0.265 e. The zero-order valence-corrected chi connectivity index (χ0v) is 7.49. The van der Waals surface area contributed by atoms with Crippen LogP contribution >= 0.6 is 0 Å². The van der Waals surface area contributed by atoms with Crippen LogP contribution in [0.25, 0.3) is 0 Å². The van der Waals surface area contributed by atoms with Crippen molar-refractivity contribution in [2.45, 2.75) is 26.7 Å². The van der Waals surface area contributed by atoms with Crippen molar-refractivity contribution in [3.63, 3.8) is 0 Å². The maximum absolute atomic E-state index is 10.2. The summed E-state index contributed by atoms with van der Waals surface area (Å²) in [5.41, 5.74) is 0. The van der Waals surface area contributed by atoms with Gasteiger partial charge in [0.05, 0.1) is 6.07 Å². The lowest BCUT2D eigenvalue weighted by Gasteiger charge is -2.15. The molecule has 0 aromatic carbocycles. The fourth-order valence-electron chi connectivity index (χ4n) is 1.09. The van der Waals surface area contributed by atoms with E-state index in [0.29, 0.717) is 0 Å². The van der Waals surface area contributed by atoms with Crippen molar-refractivity contribution in [2.24, 2.45) is 11.8 Å². The Morgan fingerprint density at radius 1 is 1.67 bits per heavy atom. The van der Waals surface area contributed by atoms with Gasteiger partial charge in [-0.3, -0.25) is 10.1 Å². The lowest BCUT2D eigenvalue weighted by atomic mass is 9.89. The Labute approximate surface area is 72.3 Å². The van der Waals surface area contributed by atoms with Crippen molar-refractivity contribution in [3.8, 4) is 6.07 Å². The second kappa shape index (κ2) is 5.53. The van der Waals surface area contributed by atoms with Crippen molar-refractivity contribution in [2.75, 3.05) is 6.54 Å². The largest absolute Gasteiger partial charge is 0.265 e. The van der Waals surface area contributed by atoms with E-state index in [0.717, 1.165) is 6.42 Å². The van der Waals surface area contributed by atoms with Gasteiger partial charge < -0.3 is 0 Å². The Morgan fingerprint density at radius 3 is 2.58 bits per heavy atom. The highest BCUT2D eigenvalue weighted by molar-refractivity contribution is 4.78. The molecule has 4 nitrogen and oxygen atoms in total. The van der Waals surface area contributed by atoms with Crippen LogP contribution in [-0.4, -0.2) is 11.5 Å². The number of hydrogen-bond donors (Lipinski definition) is 0. The topological polar surface area (TPSA) is 66.9 Å². The predicted molar refractivity (Wildman–Crippen MR) is 45.0 cm³/mol. The van der Waals surface area contributed by atoms with Crippen molar-refractivity contribution in [1.29, 1.82) is 5.26 Å². The minimum atomic E-state index is -0.339. The highest BCUT2D eigenvalue weighted by atomic mass is 16.6. The van der Waals surface area contributed by atoms with Crippen molar-refractivity contribution in [3.05, 3.63) is 10.1 Å².